The smallest absolute Gasteiger partial charge is 0.183 e. The lowest BCUT2D eigenvalue weighted by Gasteiger charge is -2.10. The highest BCUT2D eigenvalue weighted by Crippen LogP contribution is 2.21. The molecule has 84 valence electrons. The summed E-state index contributed by atoms with van der Waals surface area (Å²) in [6, 6.07) is 7.98. The fourth-order valence-electron chi connectivity index (χ4n) is 1.52. The van der Waals surface area contributed by atoms with Crippen LogP contribution in [0.2, 0.25) is 0 Å². The summed E-state index contributed by atoms with van der Waals surface area (Å²) in [5, 5.41) is 12.0. The number of aryl methyl sites for hydroxylation is 1. The van der Waals surface area contributed by atoms with Crippen LogP contribution in [-0.2, 0) is 7.05 Å². The maximum Gasteiger partial charge on any atom is 0.183 e. The second-order valence-electron chi connectivity index (χ2n) is 3.48. The van der Waals surface area contributed by atoms with Gasteiger partial charge in [0, 0.05) is 11.0 Å². The molecule has 1 aromatic heterocycles. The largest absolute Gasteiger partial charge is 0.329 e. The first-order valence-corrected chi connectivity index (χ1v) is 5.69. The summed E-state index contributed by atoms with van der Waals surface area (Å²) in [6.45, 7) is 0.466. The summed E-state index contributed by atoms with van der Waals surface area (Å²) in [4.78, 5) is 1.44. The van der Waals surface area contributed by atoms with Gasteiger partial charge in [-0.2, -0.15) is 4.80 Å². The van der Waals surface area contributed by atoms with E-state index < -0.39 is 0 Å². The summed E-state index contributed by atoms with van der Waals surface area (Å²) in [6.07, 6.45) is 0. The normalized spacial score (nSPS) is 12.7. The van der Waals surface area contributed by atoms with Crippen molar-refractivity contribution < 1.29 is 0 Å². The molecule has 0 aliphatic heterocycles. The highest BCUT2D eigenvalue weighted by atomic mass is 79.9. The number of nitrogens with two attached hydrogens (primary N) is 1. The van der Waals surface area contributed by atoms with Gasteiger partial charge in [0.15, 0.2) is 5.82 Å². The van der Waals surface area contributed by atoms with Crippen molar-refractivity contribution in [3.8, 4) is 0 Å². The number of aromatic nitrogens is 4. The van der Waals surface area contributed by atoms with E-state index in [-0.39, 0.29) is 5.92 Å². The molecule has 1 aromatic carbocycles. The first kappa shape index (κ1) is 11.2. The van der Waals surface area contributed by atoms with Gasteiger partial charge in [-0.3, -0.25) is 0 Å². The van der Waals surface area contributed by atoms with Crippen LogP contribution in [0.4, 0.5) is 0 Å². The van der Waals surface area contributed by atoms with Crippen molar-refractivity contribution in [1.82, 2.24) is 20.2 Å². The van der Waals surface area contributed by atoms with Gasteiger partial charge in [0.1, 0.15) is 0 Å². The molecule has 0 saturated heterocycles. The maximum absolute atomic E-state index is 5.76. The highest BCUT2D eigenvalue weighted by molar-refractivity contribution is 9.10. The monoisotopic (exact) mass is 281 g/mol. The Morgan fingerprint density at radius 1 is 1.38 bits per heavy atom. The molecule has 6 heteroatoms. The van der Waals surface area contributed by atoms with Crippen molar-refractivity contribution in [2.75, 3.05) is 6.54 Å². The van der Waals surface area contributed by atoms with Crippen LogP contribution in [0.1, 0.15) is 17.3 Å². The molecule has 16 heavy (non-hydrogen) atoms. The number of hydrogen-bond donors (Lipinski definition) is 1. The van der Waals surface area contributed by atoms with E-state index in [4.69, 9.17) is 5.73 Å². The second-order valence-corrected chi connectivity index (χ2v) is 4.39. The Kier molecular flexibility index (Phi) is 3.31. The molecule has 0 amide bonds. The van der Waals surface area contributed by atoms with Crippen molar-refractivity contribution in [3.05, 3.63) is 40.1 Å². The minimum absolute atomic E-state index is 0.00167. The molecule has 1 unspecified atom stereocenters. The van der Waals surface area contributed by atoms with Crippen LogP contribution in [0.3, 0.4) is 0 Å². The molecule has 1 heterocycles. The van der Waals surface area contributed by atoms with Gasteiger partial charge in [-0.05, 0) is 22.9 Å². The molecule has 0 aliphatic carbocycles. The van der Waals surface area contributed by atoms with Crippen molar-refractivity contribution in [2.45, 2.75) is 5.92 Å². The van der Waals surface area contributed by atoms with E-state index in [0.717, 1.165) is 10.0 Å². The summed E-state index contributed by atoms with van der Waals surface area (Å²) in [5.74, 6) is 0.661. The van der Waals surface area contributed by atoms with Crippen LogP contribution in [-0.4, -0.2) is 26.8 Å². The number of rotatable bonds is 3. The van der Waals surface area contributed by atoms with Crippen LogP contribution in [0.25, 0.3) is 0 Å². The van der Waals surface area contributed by atoms with E-state index in [2.05, 4.69) is 31.3 Å². The second kappa shape index (κ2) is 4.71. The topological polar surface area (TPSA) is 69.6 Å². The number of halogens is 1. The van der Waals surface area contributed by atoms with Crippen LogP contribution in [0.5, 0.6) is 0 Å². The van der Waals surface area contributed by atoms with E-state index in [0.29, 0.717) is 12.4 Å². The molecule has 0 aliphatic rings. The first-order valence-electron chi connectivity index (χ1n) is 4.90. The van der Waals surface area contributed by atoms with E-state index >= 15 is 0 Å². The van der Waals surface area contributed by atoms with E-state index in [1.807, 2.05) is 24.3 Å². The molecule has 0 fully saturated rings. The van der Waals surface area contributed by atoms with Crippen molar-refractivity contribution >= 4 is 15.9 Å². The molecular weight excluding hydrogens is 270 g/mol. The SMILES string of the molecule is Cn1nnc(C(CN)c2ccc(Br)cc2)n1. The molecule has 0 bridgehead atoms. The third-order valence-electron chi connectivity index (χ3n) is 2.34. The average molecular weight is 282 g/mol. The fourth-order valence-corrected chi connectivity index (χ4v) is 1.79. The van der Waals surface area contributed by atoms with Gasteiger partial charge in [-0.25, -0.2) is 0 Å². The Hall–Kier alpha value is -1.27. The Morgan fingerprint density at radius 2 is 2.06 bits per heavy atom. The van der Waals surface area contributed by atoms with Crippen molar-refractivity contribution in [3.63, 3.8) is 0 Å². The molecule has 2 rings (SSSR count). The molecule has 2 N–H and O–H groups in total. The van der Waals surface area contributed by atoms with Crippen molar-refractivity contribution in [1.29, 1.82) is 0 Å². The van der Waals surface area contributed by atoms with E-state index in [1.54, 1.807) is 7.05 Å². The number of benzene rings is 1. The average Bonchev–Trinajstić information content (AvgIpc) is 2.69. The van der Waals surface area contributed by atoms with Crippen LogP contribution >= 0.6 is 15.9 Å². The summed E-state index contributed by atoms with van der Waals surface area (Å²) in [7, 11) is 1.74. The zero-order valence-electron chi connectivity index (χ0n) is 8.84. The Labute approximate surface area is 102 Å². The molecule has 0 saturated carbocycles. The molecule has 2 aromatic rings. The fraction of sp³-hybridized carbons (Fsp3) is 0.300. The molecule has 5 nitrogen and oxygen atoms in total. The molecular formula is C10H12BrN5. The first-order chi connectivity index (χ1) is 7.70. The lowest BCUT2D eigenvalue weighted by atomic mass is 9.99. The van der Waals surface area contributed by atoms with Gasteiger partial charge < -0.3 is 5.73 Å². The molecule has 0 spiro atoms. The van der Waals surface area contributed by atoms with Crippen LogP contribution in [0, 0.1) is 0 Å². The zero-order chi connectivity index (χ0) is 11.5. The summed E-state index contributed by atoms with van der Waals surface area (Å²) >= 11 is 3.40. The van der Waals surface area contributed by atoms with E-state index in [1.165, 1.54) is 4.80 Å². The lowest BCUT2D eigenvalue weighted by molar-refractivity contribution is 0.624. The van der Waals surface area contributed by atoms with Gasteiger partial charge in [0.05, 0.1) is 13.0 Å². The zero-order valence-corrected chi connectivity index (χ0v) is 10.4. The Balaban J connectivity index is 2.32. The minimum atomic E-state index is 0.00167. The Morgan fingerprint density at radius 3 is 2.56 bits per heavy atom. The number of hydrogen-bond acceptors (Lipinski definition) is 4. The van der Waals surface area contributed by atoms with Crippen LogP contribution < -0.4 is 5.73 Å². The third-order valence-corrected chi connectivity index (χ3v) is 2.87. The van der Waals surface area contributed by atoms with Crippen molar-refractivity contribution in [2.24, 2.45) is 12.8 Å². The van der Waals surface area contributed by atoms with E-state index in [9.17, 15) is 0 Å². The van der Waals surface area contributed by atoms with Gasteiger partial charge in [0.25, 0.3) is 0 Å². The van der Waals surface area contributed by atoms with Crippen LogP contribution in [0.15, 0.2) is 28.7 Å². The lowest BCUT2D eigenvalue weighted by Crippen LogP contribution is -2.15. The van der Waals surface area contributed by atoms with Gasteiger partial charge in [-0.1, -0.05) is 28.1 Å². The number of nitrogens with zero attached hydrogens (tertiary/aromatic N) is 4. The van der Waals surface area contributed by atoms with Gasteiger partial charge >= 0.3 is 0 Å². The summed E-state index contributed by atoms with van der Waals surface area (Å²) in [5.41, 5.74) is 6.85. The van der Waals surface area contributed by atoms with Gasteiger partial charge in [-0.15, -0.1) is 10.2 Å². The highest BCUT2D eigenvalue weighted by Gasteiger charge is 2.17. The summed E-state index contributed by atoms with van der Waals surface area (Å²) < 4.78 is 1.04. The Bertz CT molecular complexity index is 464. The maximum atomic E-state index is 5.76. The van der Waals surface area contributed by atoms with Gasteiger partial charge in [0.2, 0.25) is 0 Å². The standard InChI is InChI=1S/C10H12BrN5/c1-16-14-10(13-15-16)9(6-12)7-2-4-8(11)5-3-7/h2-5,9H,6,12H2,1H3. The molecule has 1 atom stereocenters. The predicted octanol–water partition coefficient (Wildman–Crippen LogP) is 1.06. The quantitative estimate of drug-likeness (QED) is 0.914. The third kappa shape index (κ3) is 2.28. The predicted molar refractivity (Wildman–Crippen MR) is 63.8 cm³/mol. The number of tetrazole rings is 1. The minimum Gasteiger partial charge on any atom is -0.329 e. The molecule has 0 radical (unpaired) electrons.